The Morgan fingerprint density at radius 2 is 2.04 bits per heavy atom. The van der Waals surface area contributed by atoms with Crippen LogP contribution >= 0.6 is 11.6 Å². The molecule has 10 heteroatoms. The number of rotatable bonds is 3. The van der Waals surface area contributed by atoms with E-state index in [1.54, 1.807) is 18.5 Å². The van der Waals surface area contributed by atoms with E-state index in [1.165, 1.54) is 18.3 Å². The van der Waals surface area contributed by atoms with Gasteiger partial charge in [0.25, 0.3) is 0 Å². The summed E-state index contributed by atoms with van der Waals surface area (Å²) in [7, 11) is 0. The minimum Gasteiger partial charge on any atom is -0.342 e. The molecule has 4 N–H and O–H groups in total. The topological polar surface area (TPSA) is 118 Å². The summed E-state index contributed by atoms with van der Waals surface area (Å²) >= 11 is 5.74. The molecule has 0 spiro atoms. The van der Waals surface area contributed by atoms with Crippen molar-refractivity contribution in [2.24, 2.45) is 0 Å². The number of hydroxylamine groups is 1. The summed E-state index contributed by atoms with van der Waals surface area (Å²) < 4.78 is 13.3. The molecule has 4 rings (SSSR count). The fraction of sp³-hybridized carbons (Fsp3) is 0. The molecule has 1 aromatic carbocycles. The Balaban J connectivity index is 1.75. The van der Waals surface area contributed by atoms with Crippen LogP contribution in [0.4, 0.5) is 10.1 Å². The van der Waals surface area contributed by atoms with Crippen molar-refractivity contribution in [1.82, 2.24) is 24.9 Å². The third-order valence-corrected chi connectivity index (χ3v) is 4.02. The summed E-state index contributed by atoms with van der Waals surface area (Å²) in [6.07, 6.45) is 4.73. The Morgan fingerprint density at radius 1 is 1.19 bits per heavy atom. The van der Waals surface area contributed by atoms with Crippen LogP contribution in [0.25, 0.3) is 22.8 Å². The lowest BCUT2D eigenvalue weighted by molar-refractivity contribution is 0.312. The van der Waals surface area contributed by atoms with E-state index in [4.69, 9.17) is 17.0 Å². The fourth-order valence-corrected chi connectivity index (χ4v) is 2.65. The van der Waals surface area contributed by atoms with Gasteiger partial charge in [-0.25, -0.2) is 24.4 Å². The summed E-state index contributed by atoms with van der Waals surface area (Å²) in [6, 6.07) is 5.21. The molecular formula is C16H11ClFN7O. The number of pyridine rings is 1. The maximum absolute atomic E-state index is 13.3. The number of hydrogen-bond acceptors (Lipinski definition) is 5. The van der Waals surface area contributed by atoms with Gasteiger partial charge in [0, 0.05) is 24.2 Å². The van der Waals surface area contributed by atoms with Crippen molar-refractivity contribution in [2.75, 3.05) is 5.06 Å². The van der Waals surface area contributed by atoms with Gasteiger partial charge < -0.3 is 9.97 Å². The Morgan fingerprint density at radius 3 is 2.77 bits per heavy atom. The van der Waals surface area contributed by atoms with Gasteiger partial charge >= 0.3 is 0 Å². The van der Waals surface area contributed by atoms with Crippen molar-refractivity contribution >= 4 is 34.3 Å². The van der Waals surface area contributed by atoms with Crippen molar-refractivity contribution in [3.05, 3.63) is 59.3 Å². The summed E-state index contributed by atoms with van der Waals surface area (Å²) in [6.45, 7) is 0. The number of nitrogens with one attached hydrogen (secondary N) is 3. The lowest BCUT2D eigenvalue weighted by atomic mass is 10.2. The number of anilines is 1. The quantitative estimate of drug-likeness (QED) is 0.250. The van der Waals surface area contributed by atoms with Gasteiger partial charge in [-0.1, -0.05) is 11.6 Å². The third kappa shape index (κ3) is 2.68. The van der Waals surface area contributed by atoms with Gasteiger partial charge in [0.15, 0.2) is 23.1 Å². The highest BCUT2D eigenvalue weighted by molar-refractivity contribution is 6.31. The molecule has 3 heterocycles. The van der Waals surface area contributed by atoms with E-state index in [-0.39, 0.29) is 16.5 Å². The number of H-pyrrole nitrogens is 2. The van der Waals surface area contributed by atoms with Crippen LogP contribution in [0.1, 0.15) is 5.56 Å². The zero-order chi connectivity index (χ0) is 18.3. The summed E-state index contributed by atoms with van der Waals surface area (Å²) in [5.41, 5.74) is 1.32. The van der Waals surface area contributed by atoms with E-state index in [0.29, 0.717) is 33.4 Å². The molecule has 0 saturated heterocycles. The zero-order valence-electron chi connectivity index (χ0n) is 13.0. The molecule has 26 heavy (non-hydrogen) atoms. The molecule has 0 saturated carbocycles. The number of aromatic amines is 2. The molecule has 0 atom stereocenters. The second-order valence-corrected chi connectivity index (χ2v) is 5.75. The van der Waals surface area contributed by atoms with Crippen LogP contribution in [-0.2, 0) is 0 Å². The van der Waals surface area contributed by atoms with Gasteiger partial charge in [-0.2, -0.15) is 0 Å². The highest BCUT2D eigenvalue weighted by atomic mass is 35.5. The SMILES string of the molecule is N=C(c1ccnc2nc(-c3ncc[nH]3)[nH]c12)N(O)c1ccc(F)c(Cl)c1. The van der Waals surface area contributed by atoms with Crippen molar-refractivity contribution in [1.29, 1.82) is 5.41 Å². The second-order valence-electron chi connectivity index (χ2n) is 5.34. The number of halogens is 2. The van der Waals surface area contributed by atoms with Crippen LogP contribution in [0.15, 0.2) is 42.9 Å². The van der Waals surface area contributed by atoms with Crippen LogP contribution in [-0.4, -0.2) is 36.0 Å². The predicted molar refractivity (Wildman–Crippen MR) is 94.0 cm³/mol. The minimum atomic E-state index is -0.613. The predicted octanol–water partition coefficient (Wildman–Crippen LogP) is 3.36. The van der Waals surface area contributed by atoms with E-state index in [0.717, 1.165) is 6.07 Å². The first-order valence-electron chi connectivity index (χ1n) is 7.42. The number of aromatic nitrogens is 5. The first-order valence-corrected chi connectivity index (χ1v) is 7.80. The fourth-order valence-electron chi connectivity index (χ4n) is 2.48. The number of amidine groups is 1. The van der Waals surface area contributed by atoms with E-state index >= 15 is 0 Å². The smallest absolute Gasteiger partial charge is 0.178 e. The largest absolute Gasteiger partial charge is 0.342 e. The lowest BCUT2D eigenvalue weighted by Gasteiger charge is -2.18. The normalized spacial score (nSPS) is 11.0. The van der Waals surface area contributed by atoms with Crippen molar-refractivity contribution in [3.63, 3.8) is 0 Å². The van der Waals surface area contributed by atoms with Gasteiger partial charge in [0.05, 0.1) is 16.2 Å². The van der Waals surface area contributed by atoms with Crippen LogP contribution in [0.5, 0.6) is 0 Å². The standard InChI is InChI=1S/C16H11ClFN7O/c17-10-7-8(1-2-11(10)18)25(26)13(19)9-3-4-20-14-12(9)23-16(24-14)15-21-5-6-22-15/h1-7,19,26H,(H,21,22)(H,20,23,24). The van der Waals surface area contributed by atoms with Crippen molar-refractivity contribution in [2.45, 2.75) is 0 Å². The maximum atomic E-state index is 13.3. The van der Waals surface area contributed by atoms with Crippen LogP contribution in [0, 0.1) is 11.2 Å². The van der Waals surface area contributed by atoms with Gasteiger partial charge in [-0.3, -0.25) is 10.6 Å². The Kier molecular flexibility index (Phi) is 3.86. The molecule has 8 nitrogen and oxygen atoms in total. The van der Waals surface area contributed by atoms with E-state index in [1.807, 2.05) is 0 Å². The van der Waals surface area contributed by atoms with Gasteiger partial charge in [0.1, 0.15) is 5.82 Å². The van der Waals surface area contributed by atoms with E-state index < -0.39 is 5.82 Å². The molecular weight excluding hydrogens is 361 g/mol. The number of benzene rings is 1. The molecule has 4 aromatic rings. The monoisotopic (exact) mass is 371 g/mol. The zero-order valence-corrected chi connectivity index (χ0v) is 13.8. The molecule has 0 aliphatic carbocycles. The summed E-state index contributed by atoms with van der Waals surface area (Å²) in [5, 5.41) is 19.1. The van der Waals surface area contributed by atoms with Crippen molar-refractivity contribution in [3.8, 4) is 11.6 Å². The Hall–Kier alpha value is -3.30. The molecule has 3 aromatic heterocycles. The molecule has 0 aliphatic heterocycles. The number of imidazole rings is 2. The van der Waals surface area contributed by atoms with Gasteiger partial charge in [0.2, 0.25) is 0 Å². The van der Waals surface area contributed by atoms with Crippen molar-refractivity contribution < 1.29 is 9.60 Å². The third-order valence-electron chi connectivity index (χ3n) is 3.73. The molecule has 0 radical (unpaired) electrons. The van der Waals surface area contributed by atoms with Crippen LogP contribution in [0.3, 0.4) is 0 Å². The minimum absolute atomic E-state index is 0.150. The average Bonchev–Trinajstić information content (AvgIpc) is 3.31. The first kappa shape index (κ1) is 16.2. The molecule has 130 valence electrons. The lowest BCUT2D eigenvalue weighted by Crippen LogP contribution is -2.27. The molecule has 0 aliphatic rings. The molecule has 0 fully saturated rings. The Bertz CT molecular complexity index is 1110. The van der Waals surface area contributed by atoms with Crippen LogP contribution < -0.4 is 5.06 Å². The Labute approximate surface area is 150 Å². The number of fused-ring (bicyclic) bond motifs is 1. The average molecular weight is 372 g/mol. The molecule has 0 amide bonds. The van der Waals surface area contributed by atoms with Gasteiger partial charge in [-0.15, -0.1) is 0 Å². The summed E-state index contributed by atoms with van der Waals surface area (Å²) in [4.78, 5) is 18.6. The highest BCUT2D eigenvalue weighted by Gasteiger charge is 2.19. The highest BCUT2D eigenvalue weighted by Crippen LogP contribution is 2.25. The number of nitrogens with zero attached hydrogens (tertiary/aromatic N) is 4. The maximum Gasteiger partial charge on any atom is 0.178 e. The van der Waals surface area contributed by atoms with Gasteiger partial charge in [-0.05, 0) is 24.3 Å². The van der Waals surface area contributed by atoms with Crippen LogP contribution in [0.2, 0.25) is 5.02 Å². The first-order chi connectivity index (χ1) is 12.5. The summed E-state index contributed by atoms with van der Waals surface area (Å²) in [5.74, 6) is 0.103. The molecule has 0 bridgehead atoms. The molecule has 0 unspecified atom stereocenters. The van der Waals surface area contributed by atoms with E-state index in [2.05, 4.69) is 24.9 Å². The number of hydrogen-bond donors (Lipinski definition) is 4. The van der Waals surface area contributed by atoms with E-state index in [9.17, 15) is 9.60 Å². The second kappa shape index (κ2) is 6.21.